The number of nitrogens with zero attached hydrogens (tertiary/aromatic N) is 1. The predicted octanol–water partition coefficient (Wildman–Crippen LogP) is 3.07. The Morgan fingerprint density at radius 2 is 2.08 bits per heavy atom. The van der Waals surface area contributed by atoms with E-state index in [4.69, 9.17) is 4.74 Å². The monoisotopic (exact) mass is 349 g/mol. The second kappa shape index (κ2) is 8.56. The van der Waals surface area contributed by atoms with Gasteiger partial charge in [-0.3, -0.25) is 9.59 Å². The second-order valence-corrected chi connectivity index (χ2v) is 7.32. The number of carbonyl (C=O) groups excluding carboxylic acids is 2. The summed E-state index contributed by atoms with van der Waals surface area (Å²) in [5.41, 5.74) is 1.70. The van der Waals surface area contributed by atoms with Crippen molar-refractivity contribution in [3.63, 3.8) is 0 Å². The van der Waals surface area contributed by atoms with Crippen molar-refractivity contribution >= 4 is 23.6 Å². The van der Waals surface area contributed by atoms with Crippen molar-refractivity contribution < 1.29 is 14.3 Å². The van der Waals surface area contributed by atoms with E-state index in [2.05, 4.69) is 19.1 Å². The minimum atomic E-state index is -0.631. The van der Waals surface area contributed by atoms with E-state index in [9.17, 15) is 9.59 Å². The standard InChI is InChI=1S/C19H27NO3S/c1-4-23-18(22)19(12-16-9-6-5-8-15(16)2)10-7-11-20(14-19)17(21)13-24-3/h5-6,8-9H,4,7,10-14H2,1-3H3/t19-/m0/s1. The number of esters is 1. The van der Waals surface area contributed by atoms with Crippen LogP contribution < -0.4 is 0 Å². The van der Waals surface area contributed by atoms with Gasteiger partial charge in [0, 0.05) is 13.1 Å². The van der Waals surface area contributed by atoms with E-state index < -0.39 is 5.41 Å². The summed E-state index contributed by atoms with van der Waals surface area (Å²) < 4.78 is 5.40. The molecule has 1 aromatic rings. The molecule has 0 radical (unpaired) electrons. The molecule has 0 spiro atoms. The van der Waals surface area contributed by atoms with Gasteiger partial charge < -0.3 is 9.64 Å². The third-order valence-corrected chi connectivity index (χ3v) is 5.23. The zero-order valence-corrected chi connectivity index (χ0v) is 15.7. The molecule has 1 aliphatic heterocycles. The van der Waals surface area contributed by atoms with Gasteiger partial charge in [0.2, 0.25) is 5.91 Å². The van der Waals surface area contributed by atoms with Crippen molar-refractivity contribution in [3.05, 3.63) is 35.4 Å². The Morgan fingerprint density at radius 1 is 1.33 bits per heavy atom. The van der Waals surface area contributed by atoms with Crippen LogP contribution >= 0.6 is 11.8 Å². The Balaban J connectivity index is 2.28. The topological polar surface area (TPSA) is 46.6 Å². The number of amides is 1. The number of likely N-dealkylation sites (tertiary alicyclic amines) is 1. The van der Waals surface area contributed by atoms with Gasteiger partial charge in [-0.2, -0.15) is 11.8 Å². The van der Waals surface area contributed by atoms with Crippen LogP contribution in [-0.4, -0.2) is 48.5 Å². The summed E-state index contributed by atoms with van der Waals surface area (Å²) in [7, 11) is 0. The smallest absolute Gasteiger partial charge is 0.314 e. The fourth-order valence-electron chi connectivity index (χ4n) is 3.40. The maximum atomic E-state index is 12.8. The van der Waals surface area contributed by atoms with Gasteiger partial charge in [-0.05, 0) is 50.5 Å². The van der Waals surface area contributed by atoms with Gasteiger partial charge in [-0.15, -0.1) is 0 Å². The van der Waals surface area contributed by atoms with Gasteiger partial charge in [-0.25, -0.2) is 0 Å². The van der Waals surface area contributed by atoms with Crippen LogP contribution in [0.5, 0.6) is 0 Å². The Labute approximate surface area is 148 Å². The van der Waals surface area contributed by atoms with E-state index in [1.54, 1.807) is 0 Å². The van der Waals surface area contributed by atoms with Crippen molar-refractivity contribution in [2.75, 3.05) is 31.7 Å². The van der Waals surface area contributed by atoms with Crippen LogP contribution in [0, 0.1) is 12.3 Å². The first-order chi connectivity index (χ1) is 11.5. The third-order valence-electron chi connectivity index (χ3n) is 4.70. The lowest BCUT2D eigenvalue weighted by Gasteiger charge is -2.41. The molecule has 1 atom stereocenters. The first-order valence-corrected chi connectivity index (χ1v) is 9.90. The van der Waals surface area contributed by atoms with Crippen LogP contribution in [0.3, 0.4) is 0 Å². The number of carbonyl (C=O) groups is 2. The molecule has 0 saturated carbocycles. The highest BCUT2D eigenvalue weighted by atomic mass is 32.2. The first kappa shape index (κ1) is 18.8. The number of benzene rings is 1. The summed E-state index contributed by atoms with van der Waals surface area (Å²) >= 11 is 1.52. The molecular weight excluding hydrogens is 322 g/mol. The van der Waals surface area contributed by atoms with Gasteiger partial charge >= 0.3 is 5.97 Å². The zero-order chi connectivity index (χ0) is 17.6. The lowest BCUT2D eigenvalue weighted by atomic mass is 9.74. The lowest BCUT2D eigenvalue weighted by Crippen LogP contribution is -2.52. The molecule has 1 heterocycles. The predicted molar refractivity (Wildman–Crippen MR) is 98.1 cm³/mol. The number of piperidine rings is 1. The van der Waals surface area contributed by atoms with Gasteiger partial charge in [0.1, 0.15) is 0 Å². The summed E-state index contributed by atoms with van der Waals surface area (Å²) in [6, 6.07) is 8.14. The normalized spacial score (nSPS) is 20.7. The Hall–Kier alpha value is -1.49. The van der Waals surface area contributed by atoms with E-state index >= 15 is 0 Å². The highest BCUT2D eigenvalue weighted by Crippen LogP contribution is 2.36. The molecule has 2 rings (SSSR count). The van der Waals surface area contributed by atoms with E-state index in [0.29, 0.717) is 25.3 Å². The van der Waals surface area contributed by atoms with Gasteiger partial charge in [0.25, 0.3) is 0 Å². The largest absolute Gasteiger partial charge is 0.466 e. The highest BCUT2D eigenvalue weighted by molar-refractivity contribution is 7.99. The molecule has 24 heavy (non-hydrogen) atoms. The van der Waals surface area contributed by atoms with Crippen LogP contribution in [0.15, 0.2) is 24.3 Å². The van der Waals surface area contributed by atoms with Crippen LogP contribution in [0.25, 0.3) is 0 Å². The number of ether oxygens (including phenoxy) is 1. The van der Waals surface area contributed by atoms with Gasteiger partial charge in [0.15, 0.2) is 0 Å². The van der Waals surface area contributed by atoms with Crippen LogP contribution in [0.2, 0.25) is 0 Å². The Bertz CT molecular complexity index is 590. The molecule has 4 nitrogen and oxygen atoms in total. The number of hydrogen-bond acceptors (Lipinski definition) is 4. The molecule has 1 saturated heterocycles. The molecule has 0 unspecified atom stereocenters. The lowest BCUT2D eigenvalue weighted by molar-refractivity contribution is -0.160. The molecule has 1 aromatic carbocycles. The van der Waals surface area contributed by atoms with Gasteiger partial charge in [-0.1, -0.05) is 24.3 Å². The van der Waals surface area contributed by atoms with Crippen molar-refractivity contribution in [1.82, 2.24) is 4.90 Å². The zero-order valence-electron chi connectivity index (χ0n) is 14.8. The number of hydrogen-bond donors (Lipinski definition) is 0. The summed E-state index contributed by atoms with van der Waals surface area (Å²) in [5, 5.41) is 0. The van der Waals surface area contributed by atoms with E-state index in [1.807, 2.05) is 30.2 Å². The molecular formula is C19H27NO3S. The average molecular weight is 349 g/mol. The van der Waals surface area contributed by atoms with Crippen molar-refractivity contribution in [2.45, 2.75) is 33.1 Å². The maximum Gasteiger partial charge on any atom is 0.314 e. The van der Waals surface area contributed by atoms with E-state index in [-0.39, 0.29) is 11.9 Å². The fourth-order valence-corrected chi connectivity index (χ4v) is 3.83. The molecule has 1 fully saturated rings. The van der Waals surface area contributed by atoms with Crippen LogP contribution in [-0.2, 0) is 20.7 Å². The number of aryl methyl sites for hydroxylation is 1. The Morgan fingerprint density at radius 3 is 2.75 bits per heavy atom. The summed E-state index contributed by atoms with van der Waals surface area (Å²) in [6.45, 7) is 5.45. The number of thioether (sulfide) groups is 1. The summed E-state index contributed by atoms with van der Waals surface area (Å²) in [6.07, 6.45) is 4.16. The SMILES string of the molecule is CCOC(=O)[C@]1(Cc2ccccc2C)CCCN(C(=O)CSC)C1. The van der Waals surface area contributed by atoms with Crippen LogP contribution in [0.4, 0.5) is 0 Å². The second-order valence-electron chi connectivity index (χ2n) is 6.46. The molecule has 1 amide bonds. The average Bonchev–Trinajstić information content (AvgIpc) is 2.57. The van der Waals surface area contributed by atoms with Gasteiger partial charge in [0.05, 0.1) is 17.8 Å². The molecule has 1 aliphatic rings. The minimum Gasteiger partial charge on any atom is -0.466 e. The minimum absolute atomic E-state index is 0.112. The van der Waals surface area contributed by atoms with E-state index in [0.717, 1.165) is 24.9 Å². The highest BCUT2D eigenvalue weighted by Gasteiger charge is 2.44. The molecule has 0 aromatic heterocycles. The maximum absolute atomic E-state index is 12.8. The molecule has 0 aliphatic carbocycles. The van der Waals surface area contributed by atoms with E-state index in [1.165, 1.54) is 17.3 Å². The molecule has 5 heteroatoms. The first-order valence-electron chi connectivity index (χ1n) is 8.51. The van der Waals surface area contributed by atoms with Crippen LogP contribution in [0.1, 0.15) is 30.9 Å². The molecule has 0 bridgehead atoms. The summed E-state index contributed by atoms with van der Waals surface area (Å²) in [4.78, 5) is 27.0. The third kappa shape index (κ3) is 4.32. The molecule has 132 valence electrons. The molecule has 0 N–H and O–H groups in total. The summed E-state index contributed by atoms with van der Waals surface area (Å²) in [5.74, 6) is 0.402. The number of rotatable bonds is 6. The fraction of sp³-hybridized carbons (Fsp3) is 0.579. The quantitative estimate of drug-likeness (QED) is 0.741. The Kier molecular flexibility index (Phi) is 6.72. The van der Waals surface area contributed by atoms with Crippen molar-refractivity contribution in [1.29, 1.82) is 0 Å². The van der Waals surface area contributed by atoms with Crippen molar-refractivity contribution in [3.8, 4) is 0 Å². The van der Waals surface area contributed by atoms with Crippen molar-refractivity contribution in [2.24, 2.45) is 5.41 Å².